The van der Waals surface area contributed by atoms with Crippen LogP contribution in [0.1, 0.15) is 16.2 Å². The van der Waals surface area contributed by atoms with Crippen LogP contribution in [0.5, 0.6) is 0 Å². The summed E-state index contributed by atoms with van der Waals surface area (Å²) in [6.45, 7) is 1.81. The summed E-state index contributed by atoms with van der Waals surface area (Å²) in [7, 11) is 0. The van der Waals surface area contributed by atoms with Crippen molar-refractivity contribution in [3.05, 3.63) is 34.6 Å². The van der Waals surface area contributed by atoms with Gasteiger partial charge in [-0.1, -0.05) is 17.7 Å². The van der Waals surface area contributed by atoms with Crippen LogP contribution in [0.4, 0.5) is 11.6 Å². The van der Waals surface area contributed by atoms with Crippen LogP contribution in [-0.4, -0.2) is 21.1 Å². The first kappa shape index (κ1) is 11.4. The molecular formula is C10H10ClN5O. The number of rotatable bonds is 2. The normalized spacial score (nSPS) is 10.2. The van der Waals surface area contributed by atoms with Crippen molar-refractivity contribution in [2.24, 2.45) is 0 Å². The molecule has 0 radical (unpaired) electrons. The van der Waals surface area contributed by atoms with Gasteiger partial charge in [-0.25, -0.2) is 0 Å². The predicted molar refractivity (Wildman–Crippen MR) is 64.9 cm³/mol. The number of benzene rings is 1. The number of aromatic amines is 1. The molecule has 0 aliphatic carbocycles. The molecule has 0 saturated heterocycles. The summed E-state index contributed by atoms with van der Waals surface area (Å²) in [5, 5.41) is 9.25. The second-order valence-electron chi connectivity index (χ2n) is 3.41. The van der Waals surface area contributed by atoms with Crippen LogP contribution < -0.4 is 11.1 Å². The first-order chi connectivity index (χ1) is 8.08. The van der Waals surface area contributed by atoms with E-state index in [0.29, 0.717) is 10.7 Å². The van der Waals surface area contributed by atoms with Crippen LogP contribution in [-0.2, 0) is 0 Å². The van der Waals surface area contributed by atoms with Crippen molar-refractivity contribution in [2.75, 3.05) is 11.1 Å². The number of nitrogen functional groups attached to an aromatic ring is 1. The second-order valence-corrected chi connectivity index (χ2v) is 3.82. The number of halogens is 1. The Morgan fingerprint density at radius 1 is 1.53 bits per heavy atom. The van der Waals surface area contributed by atoms with E-state index in [2.05, 4.69) is 20.5 Å². The highest BCUT2D eigenvalue weighted by atomic mass is 35.5. The lowest BCUT2D eigenvalue weighted by molar-refractivity contribution is 0.101. The smallest absolute Gasteiger partial charge is 0.293 e. The van der Waals surface area contributed by atoms with Crippen molar-refractivity contribution in [1.29, 1.82) is 0 Å². The summed E-state index contributed by atoms with van der Waals surface area (Å²) in [4.78, 5) is 15.5. The Labute approximate surface area is 102 Å². The number of anilines is 2. The summed E-state index contributed by atoms with van der Waals surface area (Å²) in [5.41, 5.74) is 6.72. The maximum Gasteiger partial charge on any atom is 0.293 e. The second kappa shape index (κ2) is 4.42. The van der Waals surface area contributed by atoms with Gasteiger partial charge in [-0.05, 0) is 24.6 Å². The molecule has 2 rings (SSSR count). The number of nitrogens with one attached hydrogen (secondary N) is 2. The fourth-order valence-electron chi connectivity index (χ4n) is 1.30. The van der Waals surface area contributed by atoms with Crippen molar-refractivity contribution in [1.82, 2.24) is 15.2 Å². The van der Waals surface area contributed by atoms with Gasteiger partial charge in [-0.3, -0.25) is 9.89 Å². The van der Waals surface area contributed by atoms with E-state index in [4.69, 9.17) is 17.3 Å². The maximum absolute atomic E-state index is 11.7. The third-order valence-electron chi connectivity index (χ3n) is 2.23. The number of hydrogen-bond acceptors (Lipinski definition) is 4. The van der Waals surface area contributed by atoms with E-state index in [1.165, 1.54) is 0 Å². The van der Waals surface area contributed by atoms with Crippen molar-refractivity contribution in [2.45, 2.75) is 6.92 Å². The van der Waals surface area contributed by atoms with Crippen molar-refractivity contribution >= 4 is 29.1 Å². The molecule has 0 saturated carbocycles. The molecule has 0 atom stereocenters. The molecule has 0 aliphatic heterocycles. The van der Waals surface area contributed by atoms with Crippen LogP contribution in [0.25, 0.3) is 0 Å². The maximum atomic E-state index is 11.7. The average Bonchev–Trinajstić information content (AvgIpc) is 2.72. The van der Waals surface area contributed by atoms with E-state index in [9.17, 15) is 4.79 Å². The minimum atomic E-state index is -0.417. The van der Waals surface area contributed by atoms with Gasteiger partial charge in [0.1, 0.15) is 0 Å². The van der Waals surface area contributed by atoms with Crippen LogP contribution in [0, 0.1) is 6.92 Å². The highest BCUT2D eigenvalue weighted by Gasteiger charge is 2.12. The molecule has 0 fully saturated rings. The molecule has 17 heavy (non-hydrogen) atoms. The molecular weight excluding hydrogens is 242 g/mol. The van der Waals surface area contributed by atoms with Gasteiger partial charge < -0.3 is 11.1 Å². The number of nitrogens with zero attached hydrogens (tertiary/aromatic N) is 2. The quantitative estimate of drug-likeness (QED) is 0.755. The van der Waals surface area contributed by atoms with E-state index in [1.54, 1.807) is 18.2 Å². The Kier molecular flexibility index (Phi) is 2.97. The number of H-pyrrole nitrogens is 1. The zero-order valence-electron chi connectivity index (χ0n) is 8.99. The molecule has 4 N–H and O–H groups in total. The highest BCUT2D eigenvalue weighted by Crippen LogP contribution is 2.23. The Hall–Kier alpha value is -2.08. The molecule has 1 aromatic carbocycles. The minimum Gasteiger partial charge on any atom is -0.366 e. The summed E-state index contributed by atoms with van der Waals surface area (Å²) in [5.74, 6) is -0.334. The van der Waals surface area contributed by atoms with E-state index in [0.717, 1.165) is 5.56 Å². The monoisotopic (exact) mass is 251 g/mol. The van der Waals surface area contributed by atoms with E-state index >= 15 is 0 Å². The fourth-order valence-corrected chi connectivity index (χ4v) is 1.48. The van der Waals surface area contributed by atoms with Crippen LogP contribution >= 0.6 is 11.6 Å². The molecule has 1 aromatic heterocycles. The summed E-state index contributed by atoms with van der Waals surface area (Å²) < 4.78 is 0. The minimum absolute atomic E-state index is 0.0259. The molecule has 0 spiro atoms. The molecule has 1 amide bonds. The summed E-state index contributed by atoms with van der Waals surface area (Å²) >= 11 is 5.94. The Morgan fingerprint density at radius 2 is 2.29 bits per heavy atom. The number of amides is 1. The number of aromatic nitrogens is 3. The predicted octanol–water partition coefficient (Wildman–Crippen LogP) is 1.60. The lowest BCUT2D eigenvalue weighted by Gasteiger charge is -2.07. The Bertz CT molecular complexity index is 566. The molecule has 6 nitrogen and oxygen atoms in total. The summed E-state index contributed by atoms with van der Waals surface area (Å²) in [6, 6.07) is 5.25. The lowest BCUT2D eigenvalue weighted by Crippen LogP contribution is -2.14. The number of nitrogens with two attached hydrogens (primary N) is 1. The van der Waals surface area contributed by atoms with E-state index < -0.39 is 5.91 Å². The third-order valence-corrected chi connectivity index (χ3v) is 2.64. The third kappa shape index (κ3) is 2.36. The zero-order chi connectivity index (χ0) is 12.4. The van der Waals surface area contributed by atoms with Gasteiger partial charge in [0, 0.05) is 10.7 Å². The van der Waals surface area contributed by atoms with Crippen LogP contribution in [0.2, 0.25) is 5.02 Å². The first-order valence-electron chi connectivity index (χ1n) is 4.82. The summed E-state index contributed by atoms with van der Waals surface area (Å²) in [6.07, 6.45) is 0. The van der Waals surface area contributed by atoms with Gasteiger partial charge >= 0.3 is 0 Å². The van der Waals surface area contributed by atoms with Gasteiger partial charge in [0.05, 0.1) is 0 Å². The Balaban J connectivity index is 2.21. The molecule has 2 aromatic rings. The van der Waals surface area contributed by atoms with E-state index in [1.807, 2.05) is 6.92 Å². The SMILES string of the molecule is Cc1c(Cl)cccc1NC(=O)c1nc(N)n[nH]1. The van der Waals surface area contributed by atoms with Gasteiger partial charge in [0.2, 0.25) is 11.8 Å². The molecule has 7 heteroatoms. The van der Waals surface area contributed by atoms with Crippen molar-refractivity contribution in [3.8, 4) is 0 Å². The van der Waals surface area contributed by atoms with Gasteiger partial charge in [0.25, 0.3) is 5.91 Å². The highest BCUT2D eigenvalue weighted by molar-refractivity contribution is 6.31. The molecule has 1 heterocycles. The standard InChI is InChI=1S/C10H10ClN5O/c1-5-6(11)3-2-4-7(5)13-9(17)8-14-10(12)16-15-8/h2-4H,1H3,(H,13,17)(H3,12,14,15,16). The van der Waals surface area contributed by atoms with Crippen LogP contribution in [0.15, 0.2) is 18.2 Å². The van der Waals surface area contributed by atoms with Gasteiger partial charge in [-0.15, -0.1) is 5.10 Å². The fraction of sp³-hybridized carbons (Fsp3) is 0.100. The zero-order valence-corrected chi connectivity index (χ0v) is 9.75. The largest absolute Gasteiger partial charge is 0.366 e. The number of carbonyl (C=O) groups is 1. The van der Waals surface area contributed by atoms with Gasteiger partial charge in [-0.2, -0.15) is 4.98 Å². The van der Waals surface area contributed by atoms with Gasteiger partial charge in [0.15, 0.2) is 0 Å². The number of carbonyl (C=O) groups excluding carboxylic acids is 1. The molecule has 0 bridgehead atoms. The molecule has 0 aliphatic rings. The first-order valence-corrected chi connectivity index (χ1v) is 5.20. The Morgan fingerprint density at radius 3 is 2.94 bits per heavy atom. The van der Waals surface area contributed by atoms with Crippen LogP contribution in [0.3, 0.4) is 0 Å². The molecule has 88 valence electrons. The number of hydrogen-bond donors (Lipinski definition) is 3. The molecule has 0 unspecified atom stereocenters. The average molecular weight is 252 g/mol. The van der Waals surface area contributed by atoms with E-state index in [-0.39, 0.29) is 11.8 Å². The lowest BCUT2D eigenvalue weighted by atomic mass is 10.2. The topological polar surface area (TPSA) is 96.7 Å². The van der Waals surface area contributed by atoms with Crippen molar-refractivity contribution < 1.29 is 4.79 Å². The van der Waals surface area contributed by atoms with Crippen molar-refractivity contribution in [3.63, 3.8) is 0 Å².